The summed E-state index contributed by atoms with van der Waals surface area (Å²) in [5.41, 5.74) is 2.18. The molecule has 0 radical (unpaired) electrons. The first-order valence-corrected chi connectivity index (χ1v) is 8.45. The third-order valence-electron chi connectivity index (χ3n) is 3.74. The molecule has 3 aromatic rings. The lowest BCUT2D eigenvalue weighted by molar-refractivity contribution is -0.0366. The van der Waals surface area contributed by atoms with Crippen LogP contribution in [-0.2, 0) is 4.74 Å². The lowest BCUT2D eigenvalue weighted by atomic mass is 10.1. The summed E-state index contributed by atoms with van der Waals surface area (Å²) in [5.74, 6) is 0. The van der Waals surface area contributed by atoms with Crippen LogP contribution in [0.5, 0.6) is 0 Å². The van der Waals surface area contributed by atoms with Gasteiger partial charge in [-0.1, -0.05) is 20.4 Å². The predicted molar refractivity (Wildman–Crippen MR) is 85.2 cm³/mol. The van der Waals surface area contributed by atoms with Gasteiger partial charge in [-0.2, -0.15) is 5.10 Å². The average Bonchev–Trinajstić information content (AvgIpc) is 3.18. The summed E-state index contributed by atoms with van der Waals surface area (Å²) < 4.78 is 12.8. The maximum absolute atomic E-state index is 5.86. The van der Waals surface area contributed by atoms with E-state index in [9.17, 15) is 0 Å². The third kappa shape index (κ3) is 2.39. The third-order valence-corrected chi connectivity index (χ3v) is 5.11. The second-order valence-electron chi connectivity index (χ2n) is 5.08. The second kappa shape index (κ2) is 5.47. The Kier molecular flexibility index (Phi) is 3.48. The smallest absolute Gasteiger partial charge is 0.150 e. The maximum Gasteiger partial charge on any atom is 0.150 e. The molecule has 0 spiro atoms. The molecule has 21 heavy (non-hydrogen) atoms. The molecular formula is C14H13BrN4OS. The van der Waals surface area contributed by atoms with Crippen LogP contribution in [0.15, 0.2) is 29.0 Å². The molecule has 0 aliphatic carbocycles. The minimum absolute atomic E-state index is 0.0398. The van der Waals surface area contributed by atoms with Gasteiger partial charge < -0.3 is 4.74 Å². The molecule has 1 saturated heterocycles. The first-order chi connectivity index (χ1) is 10.3. The van der Waals surface area contributed by atoms with Crippen molar-refractivity contribution in [3.63, 3.8) is 0 Å². The highest BCUT2D eigenvalue weighted by atomic mass is 79.9. The van der Waals surface area contributed by atoms with E-state index < -0.39 is 0 Å². The van der Waals surface area contributed by atoms with E-state index >= 15 is 0 Å². The van der Waals surface area contributed by atoms with Crippen molar-refractivity contribution in [2.45, 2.75) is 25.5 Å². The number of hydrogen-bond acceptors (Lipinski definition) is 5. The first-order valence-electron chi connectivity index (χ1n) is 6.89. The van der Waals surface area contributed by atoms with E-state index in [4.69, 9.17) is 4.74 Å². The summed E-state index contributed by atoms with van der Waals surface area (Å²) in [6.45, 7) is 0.811. The van der Waals surface area contributed by atoms with Crippen molar-refractivity contribution in [2.24, 2.45) is 0 Å². The fraction of sp³-hybridized carbons (Fsp3) is 0.357. The molecule has 2 aromatic heterocycles. The molecule has 7 heteroatoms. The van der Waals surface area contributed by atoms with Gasteiger partial charge in [0.25, 0.3) is 0 Å². The van der Waals surface area contributed by atoms with Crippen molar-refractivity contribution < 1.29 is 4.74 Å². The molecule has 1 aromatic carbocycles. The van der Waals surface area contributed by atoms with Gasteiger partial charge in [-0.25, -0.2) is 4.68 Å². The number of hydrogen-bond donors (Lipinski definition) is 0. The molecule has 108 valence electrons. The van der Waals surface area contributed by atoms with Gasteiger partial charge in [-0.05, 0) is 48.5 Å². The Morgan fingerprint density at radius 3 is 3.00 bits per heavy atom. The number of aromatic nitrogens is 4. The van der Waals surface area contributed by atoms with Crippen LogP contribution >= 0.6 is 27.5 Å². The zero-order valence-electron chi connectivity index (χ0n) is 11.2. The number of nitrogens with zero attached hydrogens (tertiary/aromatic N) is 4. The summed E-state index contributed by atoms with van der Waals surface area (Å²) in [6.07, 6.45) is 7.06. The average molecular weight is 365 g/mol. The zero-order valence-corrected chi connectivity index (χ0v) is 13.6. The Labute approximate surface area is 134 Å². The van der Waals surface area contributed by atoms with E-state index in [-0.39, 0.29) is 6.23 Å². The normalized spacial score (nSPS) is 19.2. The quantitative estimate of drug-likeness (QED) is 0.689. The van der Waals surface area contributed by atoms with E-state index in [1.807, 2.05) is 10.9 Å². The molecule has 4 rings (SSSR count). The number of rotatable bonds is 2. The summed E-state index contributed by atoms with van der Waals surface area (Å²) in [5, 5.41) is 9.55. The molecule has 3 heterocycles. The molecule has 0 N–H and O–H groups in total. The van der Waals surface area contributed by atoms with Crippen LogP contribution in [0, 0.1) is 0 Å². The molecule has 1 unspecified atom stereocenters. The van der Waals surface area contributed by atoms with Gasteiger partial charge in [0.15, 0.2) is 6.23 Å². The fourth-order valence-electron chi connectivity index (χ4n) is 2.69. The van der Waals surface area contributed by atoms with Gasteiger partial charge in [0.1, 0.15) is 0 Å². The summed E-state index contributed by atoms with van der Waals surface area (Å²) >= 11 is 5.03. The lowest BCUT2D eigenvalue weighted by Gasteiger charge is -2.23. The van der Waals surface area contributed by atoms with Crippen molar-refractivity contribution in [3.05, 3.63) is 29.0 Å². The van der Waals surface area contributed by atoms with Gasteiger partial charge in [0.2, 0.25) is 0 Å². The monoisotopic (exact) mass is 364 g/mol. The fourth-order valence-corrected chi connectivity index (χ4v) is 3.74. The Bertz CT molecular complexity index is 765. The number of benzene rings is 1. The highest BCUT2D eigenvalue weighted by molar-refractivity contribution is 9.10. The number of fused-ring (bicyclic) bond motifs is 1. The van der Waals surface area contributed by atoms with Crippen LogP contribution < -0.4 is 0 Å². The van der Waals surface area contributed by atoms with Crippen molar-refractivity contribution >= 4 is 38.4 Å². The van der Waals surface area contributed by atoms with Crippen LogP contribution in [0.25, 0.3) is 21.3 Å². The van der Waals surface area contributed by atoms with Crippen molar-refractivity contribution in [1.82, 2.24) is 19.4 Å². The molecule has 0 bridgehead atoms. The second-order valence-corrected chi connectivity index (χ2v) is 6.72. The predicted octanol–water partition coefficient (Wildman–Crippen LogP) is 4.02. The highest BCUT2D eigenvalue weighted by Crippen LogP contribution is 2.34. The van der Waals surface area contributed by atoms with E-state index in [1.165, 1.54) is 18.0 Å². The largest absolute Gasteiger partial charge is 0.356 e. The lowest BCUT2D eigenvalue weighted by Crippen LogP contribution is -2.18. The molecule has 0 saturated carbocycles. The molecule has 1 aliphatic rings. The van der Waals surface area contributed by atoms with E-state index in [2.05, 4.69) is 42.7 Å². The number of ether oxygens (including phenoxy) is 1. The summed E-state index contributed by atoms with van der Waals surface area (Å²) in [4.78, 5) is 1.05. The molecule has 0 amide bonds. The Hall–Kier alpha value is -1.31. The van der Waals surface area contributed by atoms with E-state index in [0.717, 1.165) is 45.3 Å². The van der Waals surface area contributed by atoms with E-state index in [1.54, 1.807) is 6.20 Å². The standard InChI is InChI=1S/C14H13BrN4OS/c15-11-5-9(13-8-16-18-21-13)6-12-10(11)7-17-19(12)14-3-1-2-4-20-14/h5-8,14H,1-4H2. The molecule has 1 aliphatic heterocycles. The van der Waals surface area contributed by atoms with Crippen LogP contribution in [-0.4, -0.2) is 26.0 Å². The van der Waals surface area contributed by atoms with Gasteiger partial charge in [-0.15, -0.1) is 5.10 Å². The van der Waals surface area contributed by atoms with Gasteiger partial charge in [0.05, 0.1) is 22.8 Å². The Morgan fingerprint density at radius 2 is 2.24 bits per heavy atom. The van der Waals surface area contributed by atoms with Crippen LogP contribution in [0.1, 0.15) is 25.5 Å². The summed E-state index contributed by atoms with van der Waals surface area (Å²) in [6, 6.07) is 4.23. The molecular weight excluding hydrogens is 352 g/mol. The van der Waals surface area contributed by atoms with Gasteiger partial charge in [0, 0.05) is 16.5 Å². The zero-order chi connectivity index (χ0) is 14.2. The van der Waals surface area contributed by atoms with Crippen LogP contribution in [0.2, 0.25) is 0 Å². The first kappa shape index (κ1) is 13.4. The van der Waals surface area contributed by atoms with Crippen LogP contribution in [0.3, 0.4) is 0 Å². The highest BCUT2D eigenvalue weighted by Gasteiger charge is 2.20. The van der Waals surface area contributed by atoms with E-state index in [0.29, 0.717) is 0 Å². The minimum atomic E-state index is 0.0398. The Balaban J connectivity index is 1.85. The van der Waals surface area contributed by atoms with Crippen molar-refractivity contribution in [2.75, 3.05) is 6.61 Å². The topological polar surface area (TPSA) is 52.8 Å². The van der Waals surface area contributed by atoms with Crippen molar-refractivity contribution in [1.29, 1.82) is 0 Å². The number of halogens is 1. The summed E-state index contributed by atoms with van der Waals surface area (Å²) in [7, 11) is 0. The van der Waals surface area contributed by atoms with Crippen molar-refractivity contribution in [3.8, 4) is 10.4 Å². The van der Waals surface area contributed by atoms with Gasteiger partial charge in [-0.3, -0.25) is 0 Å². The molecule has 1 fully saturated rings. The maximum atomic E-state index is 5.86. The minimum Gasteiger partial charge on any atom is -0.356 e. The molecule has 1 atom stereocenters. The SMILES string of the molecule is Brc1cc(-c2cnns2)cc2c1cnn2C1CCCCO1. The Morgan fingerprint density at radius 1 is 1.29 bits per heavy atom. The van der Waals surface area contributed by atoms with Crippen LogP contribution in [0.4, 0.5) is 0 Å². The molecule has 5 nitrogen and oxygen atoms in total. The van der Waals surface area contributed by atoms with Gasteiger partial charge >= 0.3 is 0 Å².